The van der Waals surface area contributed by atoms with Crippen molar-refractivity contribution in [2.24, 2.45) is 0 Å². The number of ether oxygens (including phenoxy) is 1. The van der Waals surface area contributed by atoms with Gasteiger partial charge in [0, 0.05) is 12.7 Å². The van der Waals surface area contributed by atoms with Crippen LogP contribution in [0.3, 0.4) is 0 Å². The van der Waals surface area contributed by atoms with E-state index in [9.17, 15) is 13.2 Å². The number of rotatable bonds is 2. The van der Waals surface area contributed by atoms with Gasteiger partial charge in [0.05, 0.1) is 0 Å². The fourth-order valence-corrected chi connectivity index (χ4v) is 0.774. The van der Waals surface area contributed by atoms with Crippen LogP contribution in [-0.2, 0) is 0 Å². The zero-order valence-corrected chi connectivity index (χ0v) is 6.56. The molecule has 0 spiro atoms. The quantitative estimate of drug-likeness (QED) is 0.774. The molecule has 0 heterocycles. The first-order chi connectivity index (χ1) is 6.01. The molecule has 0 saturated carbocycles. The Morgan fingerprint density at radius 2 is 1.69 bits per heavy atom. The molecule has 0 aliphatic carbocycles. The third-order valence-corrected chi connectivity index (χ3v) is 1.29. The van der Waals surface area contributed by atoms with E-state index in [4.69, 9.17) is 0 Å². The standard InChI is InChI=1S/C8H7F3NO/c1-12-6-2-4-7(5-3-6)13-8(9,10)11/h2-5,12H,1H2. The SMILES string of the molecule is [CH2]Nc1ccc(OC(F)(F)F)cc1. The lowest BCUT2D eigenvalue weighted by molar-refractivity contribution is -0.274. The van der Waals surface area contributed by atoms with Gasteiger partial charge in [-0.1, -0.05) is 0 Å². The van der Waals surface area contributed by atoms with Gasteiger partial charge in [0.25, 0.3) is 0 Å². The van der Waals surface area contributed by atoms with Crippen LogP contribution in [0.1, 0.15) is 0 Å². The summed E-state index contributed by atoms with van der Waals surface area (Å²) in [6.07, 6.45) is -4.64. The van der Waals surface area contributed by atoms with E-state index in [-0.39, 0.29) is 5.75 Å². The highest BCUT2D eigenvalue weighted by atomic mass is 19.4. The van der Waals surface area contributed by atoms with Crippen LogP contribution in [0.5, 0.6) is 5.75 Å². The van der Waals surface area contributed by atoms with Gasteiger partial charge in [-0.3, -0.25) is 0 Å². The van der Waals surface area contributed by atoms with Crippen molar-refractivity contribution in [1.82, 2.24) is 0 Å². The van der Waals surface area contributed by atoms with Crippen molar-refractivity contribution in [2.45, 2.75) is 6.36 Å². The topological polar surface area (TPSA) is 21.3 Å². The Balaban J connectivity index is 2.70. The lowest BCUT2D eigenvalue weighted by Crippen LogP contribution is -2.16. The first kappa shape index (κ1) is 9.70. The summed E-state index contributed by atoms with van der Waals surface area (Å²) in [4.78, 5) is 0. The van der Waals surface area contributed by atoms with E-state index in [0.717, 1.165) is 0 Å². The van der Waals surface area contributed by atoms with E-state index in [2.05, 4.69) is 17.1 Å². The molecule has 0 bridgehead atoms. The fourth-order valence-electron chi connectivity index (χ4n) is 0.774. The second-order valence-corrected chi connectivity index (χ2v) is 2.25. The van der Waals surface area contributed by atoms with E-state index in [1.54, 1.807) is 0 Å². The van der Waals surface area contributed by atoms with Crippen LogP contribution in [-0.4, -0.2) is 6.36 Å². The van der Waals surface area contributed by atoms with Gasteiger partial charge < -0.3 is 10.1 Å². The Labute approximate surface area is 73.3 Å². The van der Waals surface area contributed by atoms with Crippen molar-refractivity contribution >= 4 is 5.69 Å². The van der Waals surface area contributed by atoms with Gasteiger partial charge in [0.2, 0.25) is 0 Å². The Morgan fingerprint density at radius 3 is 2.08 bits per heavy atom. The third-order valence-electron chi connectivity index (χ3n) is 1.29. The first-order valence-corrected chi connectivity index (χ1v) is 3.40. The molecule has 0 aliphatic rings. The van der Waals surface area contributed by atoms with Crippen LogP contribution in [0.4, 0.5) is 18.9 Å². The molecule has 0 fully saturated rings. The van der Waals surface area contributed by atoms with Crippen LogP contribution in [0.2, 0.25) is 0 Å². The van der Waals surface area contributed by atoms with Gasteiger partial charge >= 0.3 is 6.36 Å². The van der Waals surface area contributed by atoms with E-state index < -0.39 is 6.36 Å². The van der Waals surface area contributed by atoms with Crippen LogP contribution in [0, 0.1) is 7.05 Å². The van der Waals surface area contributed by atoms with Crippen molar-refractivity contribution in [3.05, 3.63) is 31.3 Å². The number of hydrogen-bond donors (Lipinski definition) is 1. The number of alkyl halides is 3. The molecule has 0 saturated heterocycles. The zero-order valence-electron chi connectivity index (χ0n) is 6.56. The summed E-state index contributed by atoms with van der Waals surface area (Å²) < 4.78 is 38.7. The lowest BCUT2D eigenvalue weighted by Gasteiger charge is -2.08. The highest BCUT2D eigenvalue weighted by Crippen LogP contribution is 2.23. The molecule has 1 N–H and O–H groups in total. The van der Waals surface area contributed by atoms with Gasteiger partial charge in [-0.05, 0) is 24.3 Å². The first-order valence-electron chi connectivity index (χ1n) is 3.40. The van der Waals surface area contributed by atoms with E-state index in [1.807, 2.05) is 0 Å². The minimum atomic E-state index is -4.64. The molecular formula is C8H7F3NO. The summed E-state index contributed by atoms with van der Waals surface area (Å²) in [5.41, 5.74) is 0.620. The van der Waals surface area contributed by atoms with Gasteiger partial charge in [-0.25, -0.2) is 0 Å². The molecule has 5 heteroatoms. The van der Waals surface area contributed by atoms with Crippen LogP contribution < -0.4 is 10.1 Å². The largest absolute Gasteiger partial charge is 0.573 e. The van der Waals surface area contributed by atoms with Crippen molar-refractivity contribution in [1.29, 1.82) is 0 Å². The molecule has 13 heavy (non-hydrogen) atoms. The number of nitrogens with one attached hydrogen (secondary N) is 1. The average molecular weight is 190 g/mol. The minimum Gasteiger partial charge on any atom is -0.406 e. The van der Waals surface area contributed by atoms with Gasteiger partial charge in [-0.2, -0.15) is 0 Å². The monoisotopic (exact) mass is 190 g/mol. The van der Waals surface area contributed by atoms with Crippen molar-refractivity contribution in [3.8, 4) is 5.75 Å². The van der Waals surface area contributed by atoms with Crippen LogP contribution in [0.15, 0.2) is 24.3 Å². The Kier molecular flexibility index (Phi) is 2.65. The molecule has 71 valence electrons. The molecule has 0 unspecified atom stereocenters. The van der Waals surface area contributed by atoms with Gasteiger partial charge in [0.1, 0.15) is 5.75 Å². The number of hydrogen-bond acceptors (Lipinski definition) is 2. The predicted octanol–water partition coefficient (Wildman–Crippen LogP) is 2.79. The highest BCUT2D eigenvalue weighted by molar-refractivity contribution is 5.46. The zero-order chi connectivity index (χ0) is 9.90. The molecule has 1 aromatic rings. The van der Waals surface area contributed by atoms with Crippen molar-refractivity contribution in [2.75, 3.05) is 5.32 Å². The smallest absolute Gasteiger partial charge is 0.406 e. The molecule has 0 aromatic heterocycles. The maximum absolute atomic E-state index is 11.7. The molecule has 2 nitrogen and oxygen atoms in total. The van der Waals surface area contributed by atoms with Crippen molar-refractivity contribution < 1.29 is 17.9 Å². The molecule has 1 rings (SSSR count). The maximum atomic E-state index is 11.7. The van der Waals surface area contributed by atoms with Crippen LogP contribution in [0.25, 0.3) is 0 Å². The van der Waals surface area contributed by atoms with Gasteiger partial charge in [-0.15, -0.1) is 13.2 Å². The number of halogens is 3. The average Bonchev–Trinajstić information content (AvgIpc) is 2.03. The van der Waals surface area contributed by atoms with E-state index in [0.29, 0.717) is 5.69 Å². The highest BCUT2D eigenvalue weighted by Gasteiger charge is 2.30. The Hall–Kier alpha value is -1.39. The van der Waals surface area contributed by atoms with Crippen molar-refractivity contribution in [3.63, 3.8) is 0 Å². The molecule has 1 radical (unpaired) electrons. The maximum Gasteiger partial charge on any atom is 0.573 e. The Bertz CT molecular complexity index is 268. The summed E-state index contributed by atoms with van der Waals surface area (Å²) in [5.74, 6) is -0.244. The van der Waals surface area contributed by atoms with Gasteiger partial charge in [0.15, 0.2) is 0 Å². The normalized spacial score (nSPS) is 11.1. The summed E-state index contributed by atoms with van der Waals surface area (Å²) in [6.45, 7) is 0. The Morgan fingerprint density at radius 1 is 1.15 bits per heavy atom. The number of benzene rings is 1. The summed E-state index contributed by atoms with van der Waals surface area (Å²) in [6, 6.07) is 5.30. The second kappa shape index (κ2) is 3.55. The molecule has 1 aromatic carbocycles. The molecule has 0 atom stereocenters. The second-order valence-electron chi connectivity index (χ2n) is 2.25. The molecular weight excluding hydrogens is 183 g/mol. The van der Waals surface area contributed by atoms with E-state index in [1.165, 1.54) is 24.3 Å². The number of anilines is 1. The summed E-state index contributed by atoms with van der Waals surface area (Å²) in [7, 11) is 3.35. The van der Waals surface area contributed by atoms with E-state index >= 15 is 0 Å². The molecule has 0 amide bonds. The molecule has 0 aliphatic heterocycles. The lowest BCUT2D eigenvalue weighted by atomic mass is 10.3. The fraction of sp³-hybridized carbons (Fsp3) is 0.125. The third kappa shape index (κ3) is 3.23. The minimum absolute atomic E-state index is 0.244. The summed E-state index contributed by atoms with van der Waals surface area (Å²) >= 11 is 0. The summed E-state index contributed by atoms with van der Waals surface area (Å²) in [5, 5.41) is 2.53. The van der Waals surface area contributed by atoms with Crippen LogP contribution >= 0.6 is 0 Å². The predicted molar refractivity (Wildman–Crippen MR) is 42.1 cm³/mol.